The van der Waals surface area contributed by atoms with E-state index in [4.69, 9.17) is 9.15 Å². The van der Waals surface area contributed by atoms with Gasteiger partial charge in [-0.05, 0) is 49.2 Å². The third-order valence-corrected chi connectivity index (χ3v) is 5.04. The highest BCUT2D eigenvalue weighted by molar-refractivity contribution is 9.10. The highest BCUT2D eigenvalue weighted by Gasteiger charge is 2.18. The SMILES string of the molecule is O=C(NC[C@H]1CCCO1)c1cc2cc(Br)ccc2oc1=Nc1ccccc1F. The van der Waals surface area contributed by atoms with Crippen LogP contribution in [-0.2, 0) is 4.74 Å². The zero-order chi connectivity index (χ0) is 19.5. The first-order chi connectivity index (χ1) is 13.6. The molecule has 1 atom stereocenters. The second kappa shape index (κ2) is 8.24. The number of halogens is 2. The summed E-state index contributed by atoms with van der Waals surface area (Å²) in [5.41, 5.74) is 0.960. The van der Waals surface area contributed by atoms with Gasteiger partial charge >= 0.3 is 0 Å². The molecule has 0 saturated carbocycles. The fraction of sp³-hybridized carbons (Fsp3) is 0.238. The van der Waals surface area contributed by atoms with Crippen molar-refractivity contribution >= 4 is 38.5 Å². The van der Waals surface area contributed by atoms with E-state index < -0.39 is 5.82 Å². The van der Waals surface area contributed by atoms with Crippen molar-refractivity contribution in [1.82, 2.24) is 5.32 Å². The van der Waals surface area contributed by atoms with Gasteiger partial charge < -0.3 is 14.5 Å². The Bertz CT molecular complexity index is 1090. The van der Waals surface area contributed by atoms with Crippen molar-refractivity contribution in [3.8, 4) is 0 Å². The first-order valence-electron chi connectivity index (χ1n) is 9.02. The van der Waals surface area contributed by atoms with Crippen LogP contribution in [0.2, 0.25) is 0 Å². The van der Waals surface area contributed by atoms with E-state index in [-0.39, 0.29) is 28.8 Å². The third kappa shape index (κ3) is 4.15. The van der Waals surface area contributed by atoms with E-state index in [9.17, 15) is 9.18 Å². The minimum Gasteiger partial charge on any atom is -0.438 e. The van der Waals surface area contributed by atoms with Gasteiger partial charge in [0.25, 0.3) is 5.91 Å². The maximum Gasteiger partial charge on any atom is 0.256 e. The average molecular weight is 445 g/mol. The minimum atomic E-state index is -0.487. The summed E-state index contributed by atoms with van der Waals surface area (Å²) in [6.45, 7) is 1.13. The van der Waals surface area contributed by atoms with Gasteiger partial charge in [-0.15, -0.1) is 0 Å². The molecule has 1 saturated heterocycles. The van der Waals surface area contributed by atoms with Crippen molar-refractivity contribution in [1.29, 1.82) is 0 Å². The van der Waals surface area contributed by atoms with Crippen molar-refractivity contribution in [3.05, 3.63) is 69.9 Å². The van der Waals surface area contributed by atoms with Crippen LogP contribution in [0.15, 0.2) is 62.4 Å². The van der Waals surface area contributed by atoms with Gasteiger partial charge in [0.1, 0.15) is 22.7 Å². The Morgan fingerprint density at radius 2 is 2.11 bits per heavy atom. The van der Waals surface area contributed by atoms with Gasteiger partial charge in [0.05, 0.1) is 6.10 Å². The molecule has 2 heterocycles. The third-order valence-electron chi connectivity index (χ3n) is 4.54. The molecule has 1 aromatic heterocycles. The van der Waals surface area contributed by atoms with Gasteiger partial charge in [-0.2, -0.15) is 0 Å². The number of hydrogen-bond acceptors (Lipinski definition) is 4. The number of ether oxygens (including phenoxy) is 1. The van der Waals surface area contributed by atoms with Crippen molar-refractivity contribution in [2.75, 3.05) is 13.2 Å². The first kappa shape index (κ1) is 18.8. The minimum absolute atomic E-state index is 0.0162. The number of amides is 1. The zero-order valence-electron chi connectivity index (χ0n) is 15.0. The Hall–Kier alpha value is -2.51. The standard InChI is InChI=1S/C21H18BrFN2O3/c22-14-7-8-19-13(10-14)11-16(20(26)24-12-15-4-3-9-27-15)21(28-19)25-18-6-2-1-5-17(18)23/h1-2,5-8,10-11,15H,3-4,9,12H2,(H,24,26)/t15-/m1/s1. The molecule has 0 aliphatic carbocycles. The summed E-state index contributed by atoms with van der Waals surface area (Å²) < 4.78 is 26.3. The molecular formula is C21H18BrFN2O3. The Morgan fingerprint density at radius 3 is 2.89 bits per heavy atom. The molecule has 1 N–H and O–H groups in total. The van der Waals surface area contributed by atoms with E-state index in [1.807, 2.05) is 12.1 Å². The highest BCUT2D eigenvalue weighted by Crippen LogP contribution is 2.21. The fourth-order valence-electron chi connectivity index (χ4n) is 3.11. The number of nitrogens with one attached hydrogen (secondary N) is 1. The number of carbonyl (C=O) groups excluding carboxylic acids is 1. The van der Waals surface area contributed by atoms with Crippen molar-refractivity contribution in [3.63, 3.8) is 0 Å². The van der Waals surface area contributed by atoms with Gasteiger partial charge in [-0.25, -0.2) is 9.38 Å². The quantitative estimate of drug-likeness (QED) is 0.645. The predicted molar refractivity (Wildman–Crippen MR) is 107 cm³/mol. The predicted octanol–water partition coefficient (Wildman–Crippen LogP) is 4.48. The number of hydrogen-bond donors (Lipinski definition) is 1. The zero-order valence-corrected chi connectivity index (χ0v) is 16.5. The lowest BCUT2D eigenvalue weighted by atomic mass is 10.1. The monoisotopic (exact) mass is 444 g/mol. The maximum absolute atomic E-state index is 14.1. The molecule has 28 heavy (non-hydrogen) atoms. The van der Waals surface area contributed by atoms with Crippen molar-refractivity contribution in [2.45, 2.75) is 18.9 Å². The van der Waals surface area contributed by atoms with Crippen LogP contribution in [0.1, 0.15) is 23.2 Å². The highest BCUT2D eigenvalue weighted by atomic mass is 79.9. The van der Waals surface area contributed by atoms with E-state index in [0.717, 1.165) is 22.7 Å². The smallest absolute Gasteiger partial charge is 0.256 e. The molecule has 0 bridgehead atoms. The topological polar surface area (TPSA) is 63.8 Å². The number of fused-ring (bicyclic) bond motifs is 1. The van der Waals surface area contributed by atoms with Crippen LogP contribution < -0.4 is 10.9 Å². The van der Waals surface area contributed by atoms with E-state index >= 15 is 0 Å². The molecule has 5 nitrogen and oxygen atoms in total. The fourth-order valence-corrected chi connectivity index (χ4v) is 3.48. The summed E-state index contributed by atoms with van der Waals surface area (Å²) in [6.07, 6.45) is 1.93. The lowest BCUT2D eigenvalue weighted by molar-refractivity contribution is 0.0854. The number of carbonyl (C=O) groups is 1. The molecule has 0 unspecified atom stereocenters. The van der Waals surface area contributed by atoms with Gasteiger partial charge in [0, 0.05) is 23.0 Å². The van der Waals surface area contributed by atoms with E-state index in [0.29, 0.717) is 18.7 Å². The lowest BCUT2D eigenvalue weighted by Crippen LogP contribution is -2.34. The van der Waals surface area contributed by atoms with Gasteiger partial charge in [-0.1, -0.05) is 28.1 Å². The summed E-state index contributed by atoms with van der Waals surface area (Å²) in [7, 11) is 0. The number of para-hydroxylation sites is 1. The molecule has 1 aliphatic rings. The molecule has 0 radical (unpaired) electrons. The van der Waals surface area contributed by atoms with Gasteiger partial charge in [-0.3, -0.25) is 4.79 Å². The van der Waals surface area contributed by atoms with Crippen molar-refractivity contribution < 1.29 is 18.3 Å². The molecule has 1 aliphatic heterocycles. The van der Waals surface area contributed by atoms with E-state index in [1.54, 1.807) is 24.3 Å². The number of nitrogens with zero attached hydrogens (tertiary/aromatic N) is 1. The Morgan fingerprint density at radius 1 is 1.25 bits per heavy atom. The summed E-state index contributed by atoms with van der Waals surface area (Å²) in [6, 6.07) is 13.3. The van der Waals surface area contributed by atoms with Crippen LogP contribution in [-0.4, -0.2) is 25.2 Å². The molecule has 1 amide bonds. The molecule has 144 valence electrons. The Labute approximate surface area is 169 Å². The van der Waals surface area contributed by atoms with Crippen LogP contribution in [0.5, 0.6) is 0 Å². The van der Waals surface area contributed by atoms with Gasteiger partial charge in [0.15, 0.2) is 0 Å². The van der Waals surface area contributed by atoms with Crippen LogP contribution in [0.3, 0.4) is 0 Å². The summed E-state index contributed by atoms with van der Waals surface area (Å²) in [4.78, 5) is 17.1. The molecule has 2 aromatic carbocycles. The second-order valence-electron chi connectivity index (χ2n) is 6.56. The number of benzene rings is 2. The van der Waals surface area contributed by atoms with Crippen LogP contribution in [0.4, 0.5) is 10.1 Å². The lowest BCUT2D eigenvalue weighted by Gasteiger charge is -2.11. The van der Waals surface area contributed by atoms with Crippen LogP contribution in [0, 0.1) is 5.82 Å². The molecule has 4 rings (SSSR count). The first-order valence-corrected chi connectivity index (χ1v) is 9.82. The summed E-state index contributed by atoms with van der Waals surface area (Å²) >= 11 is 3.42. The summed E-state index contributed by atoms with van der Waals surface area (Å²) in [5.74, 6) is -0.824. The summed E-state index contributed by atoms with van der Waals surface area (Å²) in [5, 5.41) is 3.61. The normalized spacial score (nSPS) is 17.2. The largest absolute Gasteiger partial charge is 0.438 e. The number of rotatable bonds is 4. The maximum atomic E-state index is 14.1. The second-order valence-corrected chi connectivity index (χ2v) is 7.47. The van der Waals surface area contributed by atoms with E-state index in [1.165, 1.54) is 12.1 Å². The van der Waals surface area contributed by atoms with Crippen molar-refractivity contribution in [2.24, 2.45) is 4.99 Å². The van der Waals surface area contributed by atoms with E-state index in [2.05, 4.69) is 26.2 Å². The molecule has 0 spiro atoms. The Kier molecular flexibility index (Phi) is 5.54. The molecule has 1 fully saturated rings. The molecular weight excluding hydrogens is 427 g/mol. The van der Waals surface area contributed by atoms with Crippen LogP contribution in [0.25, 0.3) is 11.0 Å². The average Bonchev–Trinajstić information content (AvgIpc) is 3.21. The van der Waals surface area contributed by atoms with Gasteiger partial charge in [0.2, 0.25) is 5.55 Å². The molecule has 7 heteroatoms. The Balaban J connectivity index is 1.77. The van der Waals surface area contributed by atoms with Crippen LogP contribution >= 0.6 is 15.9 Å². The molecule has 3 aromatic rings.